The van der Waals surface area contributed by atoms with Crippen molar-refractivity contribution in [2.45, 2.75) is 6.92 Å². The molecule has 0 aliphatic carbocycles. The molecule has 0 spiro atoms. The molecule has 0 aliphatic heterocycles. The average molecular weight is 252 g/mol. The van der Waals surface area contributed by atoms with Crippen molar-refractivity contribution in [1.29, 1.82) is 0 Å². The van der Waals surface area contributed by atoms with Gasteiger partial charge in [0.05, 0.1) is 0 Å². The fraction of sp³-hybridized carbons (Fsp3) is 0.182. The largest absolute Gasteiger partial charge is 0.480 e. The highest BCUT2D eigenvalue weighted by atomic mass is 32.1. The molecule has 0 aliphatic rings. The highest BCUT2D eigenvalue weighted by molar-refractivity contribution is 7.80. The van der Waals surface area contributed by atoms with Crippen molar-refractivity contribution in [2.24, 2.45) is 0 Å². The summed E-state index contributed by atoms with van der Waals surface area (Å²) < 4.78 is 0. The third kappa shape index (κ3) is 4.60. The normalized spacial score (nSPS) is 9.47. The molecule has 1 aromatic carbocycles. The van der Waals surface area contributed by atoms with E-state index in [1.807, 2.05) is 13.0 Å². The average Bonchev–Trinajstić information content (AvgIpc) is 2.26. The van der Waals surface area contributed by atoms with E-state index in [1.165, 1.54) is 0 Å². The number of carboxylic acid groups (broad SMARTS) is 1. The standard InChI is InChI=1S/C11H12N2O3S/c1-7-3-2-4-8(5-7)10(16)13-11(17)12-6-9(14)15/h2-5H,6H2,1H3,(H,14,15)(H2,12,13,16,17). The number of hydrogen-bond acceptors (Lipinski definition) is 3. The van der Waals surface area contributed by atoms with Gasteiger partial charge in [0.25, 0.3) is 5.91 Å². The number of hydrogen-bond donors (Lipinski definition) is 3. The summed E-state index contributed by atoms with van der Waals surface area (Å²) in [4.78, 5) is 21.9. The predicted octanol–water partition coefficient (Wildman–Crippen LogP) is 0.684. The van der Waals surface area contributed by atoms with Crippen molar-refractivity contribution in [1.82, 2.24) is 10.6 Å². The van der Waals surface area contributed by atoms with Crippen molar-refractivity contribution in [3.63, 3.8) is 0 Å². The molecular weight excluding hydrogens is 240 g/mol. The Balaban J connectivity index is 2.55. The Hall–Kier alpha value is -1.95. The molecule has 0 fully saturated rings. The van der Waals surface area contributed by atoms with Crippen LogP contribution in [0.25, 0.3) is 0 Å². The second kappa shape index (κ2) is 5.95. The molecule has 1 rings (SSSR count). The smallest absolute Gasteiger partial charge is 0.322 e. The lowest BCUT2D eigenvalue weighted by molar-refractivity contribution is -0.135. The zero-order valence-corrected chi connectivity index (χ0v) is 10.0. The van der Waals surface area contributed by atoms with Crippen LogP contribution >= 0.6 is 12.2 Å². The molecule has 6 heteroatoms. The van der Waals surface area contributed by atoms with Gasteiger partial charge in [-0.3, -0.25) is 14.9 Å². The maximum Gasteiger partial charge on any atom is 0.322 e. The van der Waals surface area contributed by atoms with Crippen molar-refractivity contribution >= 4 is 29.2 Å². The molecular formula is C11H12N2O3S. The maximum absolute atomic E-state index is 11.7. The molecule has 1 amide bonds. The quantitative estimate of drug-likeness (QED) is 0.690. The Morgan fingerprint density at radius 3 is 2.71 bits per heavy atom. The minimum absolute atomic E-state index is 0.00101. The number of nitrogens with one attached hydrogen (secondary N) is 2. The minimum Gasteiger partial charge on any atom is -0.480 e. The topological polar surface area (TPSA) is 78.4 Å². The van der Waals surface area contributed by atoms with Gasteiger partial charge in [-0.2, -0.15) is 0 Å². The number of amides is 1. The summed E-state index contributed by atoms with van der Waals surface area (Å²) in [7, 11) is 0. The van der Waals surface area contributed by atoms with E-state index in [4.69, 9.17) is 17.3 Å². The SMILES string of the molecule is Cc1cccc(C(=O)NC(=S)NCC(=O)O)c1. The van der Waals surface area contributed by atoms with Gasteiger partial charge in [-0.05, 0) is 31.3 Å². The summed E-state index contributed by atoms with van der Waals surface area (Å²) in [5, 5.41) is 13.2. The first-order valence-electron chi connectivity index (χ1n) is 4.86. The molecule has 0 aromatic heterocycles. The number of carboxylic acids is 1. The molecule has 1 aromatic rings. The monoisotopic (exact) mass is 252 g/mol. The van der Waals surface area contributed by atoms with Crippen LogP contribution in [0, 0.1) is 6.92 Å². The molecule has 0 heterocycles. The summed E-state index contributed by atoms with van der Waals surface area (Å²) in [6.45, 7) is 1.55. The van der Waals surface area contributed by atoms with Crippen molar-refractivity contribution in [3.8, 4) is 0 Å². The van der Waals surface area contributed by atoms with Gasteiger partial charge in [0.2, 0.25) is 0 Å². The number of rotatable bonds is 3. The number of carbonyl (C=O) groups is 2. The summed E-state index contributed by atoms with van der Waals surface area (Å²) in [5.74, 6) is -1.41. The first-order valence-corrected chi connectivity index (χ1v) is 5.27. The number of thiocarbonyl (C=S) groups is 1. The zero-order valence-electron chi connectivity index (χ0n) is 9.19. The first kappa shape index (κ1) is 13.1. The van der Waals surface area contributed by atoms with Crippen LogP contribution in [-0.2, 0) is 4.79 Å². The third-order valence-corrected chi connectivity index (χ3v) is 2.15. The molecule has 17 heavy (non-hydrogen) atoms. The van der Waals surface area contributed by atoms with Crippen molar-refractivity contribution < 1.29 is 14.7 Å². The van der Waals surface area contributed by atoms with E-state index in [9.17, 15) is 9.59 Å². The molecule has 3 N–H and O–H groups in total. The Bertz CT molecular complexity index is 460. The van der Waals surface area contributed by atoms with Gasteiger partial charge in [0, 0.05) is 5.56 Å². The van der Waals surface area contributed by atoms with E-state index < -0.39 is 5.97 Å². The highest BCUT2D eigenvalue weighted by Gasteiger charge is 2.08. The van der Waals surface area contributed by atoms with Crippen LogP contribution in [0.2, 0.25) is 0 Å². The summed E-state index contributed by atoms with van der Waals surface area (Å²) in [6, 6.07) is 7.01. The molecule has 0 bridgehead atoms. The van der Waals surface area contributed by atoms with E-state index in [-0.39, 0.29) is 17.6 Å². The van der Waals surface area contributed by atoms with Crippen LogP contribution in [0.5, 0.6) is 0 Å². The fourth-order valence-corrected chi connectivity index (χ4v) is 1.33. The summed E-state index contributed by atoms with van der Waals surface area (Å²) in [5.41, 5.74) is 1.44. The van der Waals surface area contributed by atoms with Gasteiger partial charge in [0.1, 0.15) is 6.54 Å². The lowest BCUT2D eigenvalue weighted by atomic mass is 10.1. The molecule has 0 unspecified atom stereocenters. The van der Waals surface area contributed by atoms with Crippen molar-refractivity contribution in [2.75, 3.05) is 6.54 Å². The number of aliphatic carboxylic acids is 1. The van der Waals surface area contributed by atoms with Crippen molar-refractivity contribution in [3.05, 3.63) is 35.4 Å². The Labute approximate surface area is 104 Å². The molecule has 90 valence electrons. The van der Waals surface area contributed by atoms with Crippen LogP contribution in [0.1, 0.15) is 15.9 Å². The van der Waals surface area contributed by atoms with E-state index >= 15 is 0 Å². The van der Waals surface area contributed by atoms with Gasteiger partial charge in [-0.15, -0.1) is 0 Å². The number of benzene rings is 1. The number of carbonyl (C=O) groups excluding carboxylic acids is 1. The third-order valence-electron chi connectivity index (χ3n) is 1.91. The van der Waals surface area contributed by atoms with E-state index in [2.05, 4.69) is 10.6 Å². The summed E-state index contributed by atoms with van der Waals surface area (Å²) in [6.07, 6.45) is 0. The minimum atomic E-state index is -1.04. The maximum atomic E-state index is 11.7. The molecule has 0 saturated heterocycles. The molecule has 0 radical (unpaired) electrons. The Kier molecular flexibility index (Phi) is 4.59. The van der Waals surface area contributed by atoms with Gasteiger partial charge >= 0.3 is 5.97 Å². The predicted molar refractivity (Wildman–Crippen MR) is 66.9 cm³/mol. The van der Waals surface area contributed by atoms with E-state index in [0.717, 1.165) is 5.56 Å². The van der Waals surface area contributed by atoms with E-state index in [0.29, 0.717) is 5.56 Å². The van der Waals surface area contributed by atoms with Crippen LogP contribution in [0.3, 0.4) is 0 Å². The van der Waals surface area contributed by atoms with Gasteiger partial charge < -0.3 is 10.4 Å². The van der Waals surface area contributed by atoms with E-state index in [1.54, 1.807) is 18.2 Å². The fourth-order valence-electron chi connectivity index (χ4n) is 1.16. The lowest BCUT2D eigenvalue weighted by Gasteiger charge is -2.07. The molecule has 0 atom stereocenters. The zero-order chi connectivity index (χ0) is 12.8. The van der Waals surface area contributed by atoms with Crippen LogP contribution in [0.4, 0.5) is 0 Å². The summed E-state index contributed by atoms with van der Waals surface area (Å²) >= 11 is 4.78. The van der Waals surface area contributed by atoms with Gasteiger partial charge in [-0.25, -0.2) is 0 Å². The highest BCUT2D eigenvalue weighted by Crippen LogP contribution is 2.03. The Morgan fingerprint density at radius 1 is 1.41 bits per heavy atom. The van der Waals surface area contributed by atoms with Crippen LogP contribution < -0.4 is 10.6 Å². The Morgan fingerprint density at radius 2 is 2.12 bits per heavy atom. The number of aryl methyl sites for hydroxylation is 1. The molecule has 5 nitrogen and oxygen atoms in total. The van der Waals surface area contributed by atoms with Crippen LogP contribution in [0.15, 0.2) is 24.3 Å². The second-order valence-corrected chi connectivity index (χ2v) is 3.81. The first-order chi connectivity index (χ1) is 7.99. The molecule has 0 saturated carbocycles. The van der Waals surface area contributed by atoms with Gasteiger partial charge in [-0.1, -0.05) is 17.7 Å². The van der Waals surface area contributed by atoms with Crippen LogP contribution in [-0.4, -0.2) is 28.6 Å². The second-order valence-electron chi connectivity index (χ2n) is 3.40. The van der Waals surface area contributed by atoms with Gasteiger partial charge in [0.15, 0.2) is 5.11 Å². The lowest BCUT2D eigenvalue weighted by Crippen LogP contribution is -2.41.